The molecule has 1 saturated heterocycles. The first-order valence-electron chi connectivity index (χ1n) is 6.83. The van der Waals surface area contributed by atoms with Gasteiger partial charge < -0.3 is 15.7 Å². The zero-order valence-electron chi connectivity index (χ0n) is 12.3. The Hall–Kier alpha value is -1.27. The fraction of sp³-hybridized carbons (Fsp3) is 0.467. The number of nitrogens with two attached hydrogens (primary N) is 1. The van der Waals surface area contributed by atoms with Crippen molar-refractivity contribution in [2.45, 2.75) is 24.5 Å². The number of thiocarbonyl (C=S) groups is 1. The lowest BCUT2D eigenvalue weighted by Crippen LogP contribution is -2.50. The number of nitrogens with zero attached hydrogens (tertiary/aromatic N) is 1. The van der Waals surface area contributed by atoms with E-state index in [2.05, 4.69) is 0 Å². The number of phenols is 1. The van der Waals surface area contributed by atoms with E-state index in [1.54, 1.807) is 36.9 Å². The molecule has 0 aliphatic carbocycles. The number of rotatable bonds is 3. The summed E-state index contributed by atoms with van der Waals surface area (Å²) in [4.78, 5) is 14.9. The second kappa shape index (κ2) is 6.23. The number of thioether (sulfide) groups is 1. The lowest BCUT2D eigenvalue weighted by molar-refractivity contribution is 0.0719. The first-order valence-corrected chi connectivity index (χ1v) is 8.47. The average Bonchev–Trinajstić information content (AvgIpc) is 2.49. The van der Waals surface area contributed by atoms with E-state index in [4.69, 9.17) is 18.0 Å². The van der Waals surface area contributed by atoms with E-state index in [1.165, 1.54) is 0 Å². The Bertz CT molecular complexity index is 567. The molecule has 114 valence electrons. The third-order valence-electron chi connectivity index (χ3n) is 4.14. The smallest absolute Gasteiger partial charge is 0.253 e. The van der Waals surface area contributed by atoms with Gasteiger partial charge in [-0.1, -0.05) is 12.2 Å². The van der Waals surface area contributed by atoms with E-state index in [0.717, 1.165) is 12.8 Å². The van der Waals surface area contributed by atoms with Crippen molar-refractivity contribution >= 4 is 34.9 Å². The molecule has 1 aromatic carbocycles. The Morgan fingerprint density at radius 1 is 1.43 bits per heavy atom. The Balaban J connectivity index is 2.09. The molecule has 2 rings (SSSR count). The highest BCUT2D eigenvalue weighted by atomic mass is 32.2. The SMILES string of the molecule is CSC1(C(N)=S)CCN(C(=O)c2ccc(O)c(C)c2)CC1. The van der Waals surface area contributed by atoms with E-state index in [1.807, 2.05) is 11.2 Å². The van der Waals surface area contributed by atoms with Crippen LogP contribution in [0.2, 0.25) is 0 Å². The normalized spacial score (nSPS) is 17.5. The first kappa shape index (κ1) is 16.1. The third kappa shape index (κ3) is 3.16. The van der Waals surface area contributed by atoms with Gasteiger partial charge >= 0.3 is 0 Å². The fourth-order valence-electron chi connectivity index (χ4n) is 2.59. The van der Waals surface area contributed by atoms with Gasteiger partial charge in [0.25, 0.3) is 5.91 Å². The van der Waals surface area contributed by atoms with Crippen LogP contribution in [0.3, 0.4) is 0 Å². The highest BCUT2D eigenvalue weighted by Gasteiger charge is 2.37. The molecule has 0 bridgehead atoms. The molecule has 1 aliphatic heterocycles. The molecule has 1 amide bonds. The zero-order chi connectivity index (χ0) is 15.6. The fourth-order valence-corrected chi connectivity index (χ4v) is 3.84. The summed E-state index contributed by atoms with van der Waals surface area (Å²) in [5.41, 5.74) is 7.18. The molecule has 0 spiro atoms. The summed E-state index contributed by atoms with van der Waals surface area (Å²) in [5.74, 6) is 0.204. The maximum absolute atomic E-state index is 12.5. The van der Waals surface area contributed by atoms with Crippen molar-refractivity contribution in [1.82, 2.24) is 4.90 Å². The van der Waals surface area contributed by atoms with Crippen LogP contribution in [0.15, 0.2) is 18.2 Å². The van der Waals surface area contributed by atoms with E-state index in [0.29, 0.717) is 29.2 Å². The van der Waals surface area contributed by atoms with Crippen molar-refractivity contribution < 1.29 is 9.90 Å². The number of amides is 1. The van der Waals surface area contributed by atoms with Crippen LogP contribution in [-0.2, 0) is 0 Å². The molecule has 21 heavy (non-hydrogen) atoms. The maximum atomic E-state index is 12.5. The van der Waals surface area contributed by atoms with Crippen molar-refractivity contribution in [3.05, 3.63) is 29.3 Å². The lowest BCUT2D eigenvalue weighted by atomic mass is 9.95. The number of aromatic hydroxyl groups is 1. The third-order valence-corrected chi connectivity index (χ3v) is 6.07. The van der Waals surface area contributed by atoms with Crippen LogP contribution in [0.1, 0.15) is 28.8 Å². The van der Waals surface area contributed by atoms with E-state index in [-0.39, 0.29) is 16.4 Å². The molecule has 0 radical (unpaired) electrons. The van der Waals surface area contributed by atoms with Crippen LogP contribution in [0, 0.1) is 6.92 Å². The van der Waals surface area contributed by atoms with Crippen LogP contribution in [0.4, 0.5) is 0 Å². The standard InChI is InChI=1S/C15H20N2O2S2/c1-10-9-11(3-4-12(10)18)13(19)17-7-5-15(21-2,6-8-17)14(16)20/h3-4,9,18H,5-8H2,1-2H3,(H2,16,20). The summed E-state index contributed by atoms with van der Waals surface area (Å²) in [6.07, 6.45) is 3.58. The Morgan fingerprint density at radius 3 is 2.52 bits per heavy atom. The average molecular weight is 324 g/mol. The minimum absolute atomic E-state index is 0.00394. The van der Waals surface area contributed by atoms with Gasteiger partial charge in [0, 0.05) is 18.7 Å². The van der Waals surface area contributed by atoms with Gasteiger partial charge in [0.15, 0.2) is 0 Å². The summed E-state index contributed by atoms with van der Waals surface area (Å²) >= 11 is 6.86. The Morgan fingerprint density at radius 2 is 2.05 bits per heavy atom. The van der Waals surface area contributed by atoms with Crippen LogP contribution >= 0.6 is 24.0 Å². The number of likely N-dealkylation sites (tertiary alicyclic amines) is 1. The second-order valence-electron chi connectivity index (χ2n) is 5.36. The quantitative estimate of drug-likeness (QED) is 0.835. The van der Waals surface area contributed by atoms with Crippen LogP contribution in [0.25, 0.3) is 0 Å². The molecular weight excluding hydrogens is 304 g/mol. The molecule has 4 nitrogen and oxygen atoms in total. The molecular formula is C15H20N2O2S2. The molecule has 3 N–H and O–H groups in total. The van der Waals surface area contributed by atoms with Crippen molar-refractivity contribution in [1.29, 1.82) is 0 Å². The lowest BCUT2D eigenvalue weighted by Gasteiger charge is -2.40. The number of hydrogen-bond acceptors (Lipinski definition) is 4. The van der Waals surface area contributed by atoms with Crippen molar-refractivity contribution in [2.24, 2.45) is 5.73 Å². The Kier molecular flexibility index (Phi) is 4.78. The van der Waals surface area contributed by atoms with Gasteiger partial charge in [0.2, 0.25) is 0 Å². The van der Waals surface area contributed by atoms with Crippen molar-refractivity contribution in [2.75, 3.05) is 19.3 Å². The predicted molar refractivity (Wildman–Crippen MR) is 91.0 cm³/mol. The van der Waals surface area contributed by atoms with E-state index in [9.17, 15) is 9.90 Å². The largest absolute Gasteiger partial charge is 0.508 e. The van der Waals surface area contributed by atoms with Crippen molar-refractivity contribution in [3.8, 4) is 5.75 Å². The second-order valence-corrected chi connectivity index (χ2v) is 6.99. The zero-order valence-corrected chi connectivity index (χ0v) is 13.9. The maximum Gasteiger partial charge on any atom is 0.253 e. The highest BCUT2D eigenvalue weighted by molar-refractivity contribution is 8.02. The van der Waals surface area contributed by atoms with Gasteiger partial charge in [-0.15, -0.1) is 0 Å². The molecule has 6 heteroatoms. The number of piperidine rings is 1. The molecule has 1 heterocycles. The van der Waals surface area contributed by atoms with Gasteiger partial charge in [-0.3, -0.25) is 4.79 Å². The van der Waals surface area contributed by atoms with Crippen LogP contribution in [0.5, 0.6) is 5.75 Å². The number of phenolic OH excluding ortho intramolecular Hbond substituents is 1. The first-order chi connectivity index (χ1) is 9.89. The van der Waals surface area contributed by atoms with Crippen LogP contribution < -0.4 is 5.73 Å². The minimum Gasteiger partial charge on any atom is -0.508 e. The number of hydrogen-bond donors (Lipinski definition) is 2. The van der Waals surface area contributed by atoms with Gasteiger partial charge in [-0.2, -0.15) is 11.8 Å². The summed E-state index contributed by atoms with van der Waals surface area (Å²) in [5, 5.41) is 9.54. The molecule has 1 aliphatic rings. The minimum atomic E-state index is -0.184. The molecule has 1 fully saturated rings. The topological polar surface area (TPSA) is 66.6 Å². The molecule has 0 saturated carbocycles. The monoisotopic (exact) mass is 324 g/mol. The van der Waals surface area contributed by atoms with Gasteiger partial charge in [0.1, 0.15) is 5.75 Å². The molecule has 1 aromatic rings. The Labute approximate surface area is 134 Å². The molecule has 0 unspecified atom stereocenters. The summed E-state index contributed by atoms with van der Waals surface area (Å²) < 4.78 is -0.184. The van der Waals surface area contributed by atoms with E-state index < -0.39 is 0 Å². The van der Waals surface area contributed by atoms with Crippen molar-refractivity contribution in [3.63, 3.8) is 0 Å². The van der Waals surface area contributed by atoms with Gasteiger partial charge in [-0.05, 0) is 49.8 Å². The van der Waals surface area contributed by atoms with E-state index >= 15 is 0 Å². The number of benzene rings is 1. The highest BCUT2D eigenvalue weighted by Crippen LogP contribution is 2.35. The predicted octanol–water partition coefficient (Wildman–Crippen LogP) is 2.32. The summed E-state index contributed by atoms with van der Waals surface area (Å²) in [6.45, 7) is 3.09. The molecule has 0 atom stereocenters. The number of aryl methyl sites for hydroxylation is 1. The number of carbonyl (C=O) groups is 1. The molecule has 0 aromatic heterocycles. The summed E-state index contributed by atoms with van der Waals surface area (Å²) in [6, 6.07) is 4.95. The van der Waals surface area contributed by atoms with Gasteiger partial charge in [-0.25, -0.2) is 0 Å². The number of carbonyl (C=O) groups excluding carboxylic acids is 1. The van der Waals surface area contributed by atoms with Gasteiger partial charge in [0.05, 0.1) is 9.74 Å². The van der Waals surface area contributed by atoms with Crippen LogP contribution in [-0.4, -0.2) is 45.0 Å². The summed E-state index contributed by atoms with van der Waals surface area (Å²) in [7, 11) is 0.